The van der Waals surface area contributed by atoms with E-state index in [2.05, 4.69) is 0 Å². The highest BCUT2D eigenvalue weighted by Gasteiger charge is 2.07. The van der Waals surface area contributed by atoms with E-state index in [0.717, 1.165) is 11.8 Å². The van der Waals surface area contributed by atoms with E-state index >= 15 is 0 Å². The van der Waals surface area contributed by atoms with Crippen molar-refractivity contribution in [3.05, 3.63) is 34.9 Å². The SMILES string of the molecule is CC(C=O)Cc1ccc(C#N)cc1C#N. The minimum absolute atomic E-state index is 0.106. The molecular weight excluding hydrogens is 188 g/mol. The van der Waals surface area contributed by atoms with Crippen molar-refractivity contribution in [1.29, 1.82) is 10.5 Å². The standard InChI is InChI=1S/C12H10N2O/c1-9(8-15)4-11-3-2-10(6-13)5-12(11)7-14/h2-3,5,8-9H,4H2,1H3. The van der Waals surface area contributed by atoms with Gasteiger partial charge in [-0.2, -0.15) is 10.5 Å². The zero-order valence-electron chi connectivity index (χ0n) is 8.40. The van der Waals surface area contributed by atoms with Gasteiger partial charge in [-0.25, -0.2) is 0 Å². The number of rotatable bonds is 3. The summed E-state index contributed by atoms with van der Waals surface area (Å²) in [5.41, 5.74) is 1.76. The van der Waals surface area contributed by atoms with E-state index < -0.39 is 0 Å². The molecule has 1 aromatic carbocycles. The lowest BCUT2D eigenvalue weighted by Gasteiger charge is -2.05. The van der Waals surface area contributed by atoms with Gasteiger partial charge in [0.25, 0.3) is 0 Å². The van der Waals surface area contributed by atoms with Crippen LogP contribution in [-0.4, -0.2) is 6.29 Å². The quantitative estimate of drug-likeness (QED) is 0.695. The topological polar surface area (TPSA) is 64.7 Å². The second-order valence-electron chi connectivity index (χ2n) is 3.41. The van der Waals surface area contributed by atoms with E-state index in [1.54, 1.807) is 25.1 Å². The summed E-state index contributed by atoms with van der Waals surface area (Å²) < 4.78 is 0. The molecule has 0 aliphatic carbocycles. The molecule has 0 amide bonds. The molecule has 0 fully saturated rings. The molecule has 1 unspecified atom stereocenters. The Labute approximate surface area is 88.6 Å². The first-order chi connectivity index (χ1) is 7.21. The van der Waals surface area contributed by atoms with Gasteiger partial charge >= 0.3 is 0 Å². The summed E-state index contributed by atoms with van der Waals surface area (Å²) in [7, 11) is 0. The van der Waals surface area contributed by atoms with E-state index in [4.69, 9.17) is 10.5 Å². The molecule has 0 N–H and O–H groups in total. The van der Waals surface area contributed by atoms with E-state index in [1.165, 1.54) is 0 Å². The lowest BCUT2D eigenvalue weighted by Crippen LogP contribution is -2.02. The number of benzene rings is 1. The fourth-order valence-electron chi connectivity index (χ4n) is 1.32. The fraction of sp³-hybridized carbons (Fsp3) is 0.250. The average Bonchev–Trinajstić information content (AvgIpc) is 2.29. The van der Waals surface area contributed by atoms with Crippen molar-refractivity contribution in [3.8, 4) is 12.1 Å². The third kappa shape index (κ3) is 2.65. The van der Waals surface area contributed by atoms with Crippen LogP contribution in [0.15, 0.2) is 18.2 Å². The third-order valence-corrected chi connectivity index (χ3v) is 2.13. The summed E-state index contributed by atoms with van der Waals surface area (Å²) in [4.78, 5) is 10.5. The highest BCUT2D eigenvalue weighted by Crippen LogP contribution is 2.14. The van der Waals surface area contributed by atoms with Gasteiger partial charge in [-0.1, -0.05) is 13.0 Å². The van der Waals surface area contributed by atoms with Crippen molar-refractivity contribution < 1.29 is 4.79 Å². The Balaban J connectivity index is 3.05. The first kappa shape index (κ1) is 10.9. The summed E-state index contributed by atoms with van der Waals surface area (Å²) in [6.45, 7) is 1.80. The van der Waals surface area contributed by atoms with Gasteiger partial charge in [0, 0.05) is 5.92 Å². The minimum Gasteiger partial charge on any atom is -0.303 e. The molecule has 0 aliphatic heterocycles. The number of nitrogens with zero attached hydrogens (tertiary/aromatic N) is 2. The van der Waals surface area contributed by atoms with Crippen LogP contribution in [0.25, 0.3) is 0 Å². The molecule has 3 nitrogen and oxygen atoms in total. The molecule has 0 bridgehead atoms. The average molecular weight is 198 g/mol. The second-order valence-corrected chi connectivity index (χ2v) is 3.41. The fourth-order valence-corrected chi connectivity index (χ4v) is 1.32. The highest BCUT2D eigenvalue weighted by molar-refractivity contribution is 5.55. The Morgan fingerprint density at radius 1 is 1.40 bits per heavy atom. The normalized spacial score (nSPS) is 11.1. The maximum absolute atomic E-state index is 10.5. The third-order valence-electron chi connectivity index (χ3n) is 2.13. The predicted octanol–water partition coefficient (Wildman–Crippen LogP) is 1.81. The van der Waals surface area contributed by atoms with Gasteiger partial charge in [-0.15, -0.1) is 0 Å². The molecule has 3 heteroatoms. The molecule has 0 spiro atoms. The first-order valence-corrected chi connectivity index (χ1v) is 4.59. The highest BCUT2D eigenvalue weighted by atomic mass is 16.1. The van der Waals surface area contributed by atoms with E-state index in [0.29, 0.717) is 17.5 Å². The van der Waals surface area contributed by atoms with Crippen molar-refractivity contribution in [1.82, 2.24) is 0 Å². The molecule has 0 saturated heterocycles. The van der Waals surface area contributed by atoms with Crippen LogP contribution >= 0.6 is 0 Å². The summed E-state index contributed by atoms with van der Waals surface area (Å²) >= 11 is 0. The van der Waals surface area contributed by atoms with Crippen molar-refractivity contribution in [2.45, 2.75) is 13.3 Å². The van der Waals surface area contributed by atoms with E-state index in [-0.39, 0.29) is 5.92 Å². The van der Waals surface area contributed by atoms with Gasteiger partial charge < -0.3 is 4.79 Å². The summed E-state index contributed by atoms with van der Waals surface area (Å²) in [6, 6.07) is 8.95. The Bertz CT molecular complexity index is 452. The van der Waals surface area contributed by atoms with Gasteiger partial charge in [-0.05, 0) is 24.1 Å². The summed E-state index contributed by atoms with van der Waals surface area (Å²) in [5, 5.41) is 17.5. The van der Waals surface area contributed by atoms with Crippen molar-refractivity contribution >= 4 is 6.29 Å². The number of aldehydes is 1. The second kappa shape index (κ2) is 4.93. The maximum Gasteiger partial charge on any atom is 0.123 e. The Kier molecular flexibility index (Phi) is 3.60. The molecule has 0 aliphatic rings. The lowest BCUT2D eigenvalue weighted by atomic mass is 9.97. The largest absolute Gasteiger partial charge is 0.303 e. The van der Waals surface area contributed by atoms with Crippen LogP contribution in [0.3, 0.4) is 0 Å². The Hall–Kier alpha value is -2.13. The van der Waals surface area contributed by atoms with Crippen LogP contribution in [-0.2, 0) is 11.2 Å². The van der Waals surface area contributed by atoms with Crippen LogP contribution in [0.4, 0.5) is 0 Å². The molecule has 1 aromatic rings. The molecule has 0 aromatic heterocycles. The monoisotopic (exact) mass is 198 g/mol. The molecule has 0 heterocycles. The van der Waals surface area contributed by atoms with E-state index in [1.807, 2.05) is 12.1 Å². The van der Waals surface area contributed by atoms with E-state index in [9.17, 15) is 4.79 Å². The first-order valence-electron chi connectivity index (χ1n) is 4.59. The smallest absolute Gasteiger partial charge is 0.123 e. The molecule has 0 radical (unpaired) electrons. The van der Waals surface area contributed by atoms with Gasteiger partial charge in [0.05, 0.1) is 23.3 Å². The van der Waals surface area contributed by atoms with Gasteiger partial charge in [-0.3, -0.25) is 0 Å². The Morgan fingerprint density at radius 2 is 2.13 bits per heavy atom. The molecule has 0 saturated carbocycles. The van der Waals surface area contributed by atoms with Gasteiger partial charge in [0.2, 0.25) is 0 Å². The van der Waals surface area contributed by atoms with Crippen LogP contribution in [0, 0.1) is 28.6 Å². The van der Waals surface area contributed by atoms with Crippen LogP contribution < -0.4 is 0 Å². The maximum atomic E-state index is 10.5. The zero-order valence-corrected chi connectivity index (χ0v) is 8.40. The molecular formula is C12H10N2O. The summed E-state index contributed by atoms with van der Waals surface area (Å²) in [6.07, 6.45) is 1.40. The molecule has 15 heavy (non-hydrogen) atoms. The van der Waals surface area contributed by atoms with Crippen molar-refractivity contribution in [3.63, 3.8) is 0 Å². The van der Waals surface area contributed by atoms with Crippen molar-refractivity contribution in [2.75, 3.05) is 0 Å². The van der Waals surface area contributed by atoms with Gasteiger partial charge in [0.1, 0.15) is 6.29 Å². The number of nitriles is 2. The lowest BCUT2D eigenvalue weighted by molar-refractivity contribution is -0.110. The number of hydrogen-bond acceptors (Lipinski definition) is 3. The zero-order chi connectivity index (χ0) is 11.3. The van der Waals surface area contributed by atoms with Crippen molar-refractivity contribution in [2.24, 2.45) is 5.92 Å². The molecule has 1 rings (SSSR count). The predicted molar refractivity (Wildman–Crippen MR) is 54.8 cm³/mol. The van der Waals surface area contributed by atoms with Crippen LogP contribution in [0.5, 0.6) is 0 Å². The number of carbonyl (C=O) groups is 1. The van der Waals surface area contributed by atoms with Crippen LogP contribution in [0.2, 0.25) is 0 Å². The molecule has 74 valence electrons. The number of carbonyl (C=O) groups excluding carboxylic acids is 1. The van der Waals surface area contributed by atoms with Crippen LogP contribution in [0.1, 0.15) is 23.6 Å². The van der Waals surface area contributed by atoms with Gasteiger partial charge in [0.15, 0.2) is 0 Å². The number of hydrogen-bond donors (Lipinski definition) is 0. The summed E-state index contributed by atoms with van der Waals surface area (Å²) in [5.74, 6) is -0.106. The molecule has 1 atom stereocenters. The minimum atomic E-state index is -0.106. The Morgan fingerprint density at radius 3 is 2.67 bits per heavy atom.